The van der Waals surface area contributed by atoms with E-state index in [9.17, 15) is 4.79 Å². The SMILES string of the molecule is CCC=CCC=CCC=CCCCCCCC(OC)C(=O)O. The van der Waals surface area contributed by atoms with Gasteiger partial charge in [0, 0.05) is 7.11 Å². The first-order valence-electron chi connectivity index (χ1n) is 8.43. The summed E-state index contributed by atoms with van der Waals surface area (Å²) in [5.74, 6) is -0.858. The van der Waals surface area contributed by atoms with Crippen LogP contribution in [0.2, 0.25) is 0 Å². The number of allylic oxidation sites excluding steroid dienone is 6. The first-order chi connectivity index (χ1) is 10.7. The number of rotatable bonds is 14. The summed E-state index contributed by atoms with van der Waals surface area (Å²) in [6.45, 7) is 2.14. The van der Waals surface area contributed by atoms with Crippen molar-refractivity contribution in [3.63, 3.8) is 0 Å². The van der Waals surface area contributed by atoms with E-state index in [1.165, 1.54) is 13.5 Å². The average molecular weight is 308 g/mol. The number of carboxylic acid groups (broad SMARTS) is 1. The number of hydrogen-bond donors (Lipinski definition) is 1. The van der Waals surface area contributed by atoms with Gasteiger partial charge in [-0.2, -0.15) is 0 Å². The van der Waals surface area contributed by atoms with Gasteiger partial charge in [0.1, 0.15) is 0 Å². The maximum Gasteiger partial charge on any atom is 0.332 e. The monoisotopic (exact) mass is 308 g/mol. The van der Waals surface area contributed by atoms with E-state index in [4.69, 9.17) is 9.84 Å². The van der Waals surface area contributed by atoms with Crippen LogP contribution < -0.4 is 0 Å². The van der Waals surface area contributed by atoms with Crippen LogP contribution in [0, 0.1) is 0 Å². The van der Waals surface area contributed by atoms with Crippen LogP contribution in [0.3, 0.4) is 0 Å². The van der Waals surface area contributed by atoms with Gasteiger partial charge < -0.3 is 9.84 Å². The lowest BCUT2D eigenvalue weighted by atomic mass is 10.1. The third kappa shape index (κ3) is 13.6. The summed E-state index contributed by atoms with van der Waals surface area (Å²) in [6.07, 6.45) is 21.8. The van der Waals surface area contributed by atoms with E-state index in [0.717, 1.165) is 44.9 Å². The number of ether oxygens (including phenoxy) is 1. The normalized spacial score (nSPS) is 13.5. The van der Waals surface area contributed by atoms with Crippen LogP contribution in [-0.2, 0) is 9.53 Å². The molecular formula is C19H32O3. The van der Waals surface area contributed by atoms with Crippen LogP contribution in [0.1, 0.15) is 64.7 Å². The standard InChI is InChI=1S/C19H32O3/c1-3-4-5-6-7-8-9-10-11-12-13-14-15-16-17-18(22-2)19(20)21/h4-5,7-8,10-11,18H,3,6,9,12-17H2,1-2H3,(H,20,21). The minimum Gasteiger partial charge on any atom is -0.479 e. The number of unbranched alkanes of at least 4 members (excludes halogenated alkanes) is 4. The molecule has 126 valence electrons. The first-order valence-corrected chi connectivity index (χ1v) is 8.43. The largest absolute Gasteiger partial charge is 0.479 e. The molecule has 0 saturated carbocycles. The molecule has 0 heterocycles. The highest BCUT2D eigenvalue weighted by Crippen LogP contribution is 2.09. The molecule has 1 N–H and O–H groups in total. The summed E-state index contributed by atoms with van der Waals surface area (Å²) in [7, 11) is 1.46. The number of carbonyl (C=O) groups is 1. The fraction of sp³-hybridized carbons (Fsp3) is 0.632. The molecule has 0 aromatic carbocycles. The minimum absolute atomic E-state index is 0.610. The van der Waals surface area contributed by atoms with Gasteiger partial charge in [0.2, 0.25) is 0 Å². The van der Waals surface area contributed by atoms with Crippen molar-refractivity contribution in [2.24, 2.45) is 0 Å². The molecule has 0 spiro atoms. The van der Waals surface area contributed by atoms with Gasteiger partial charge >= 0.3 is 5.97 Å². The van der Waals surface area contributed by atoms with Crippen LogP contribution in [0.15, 0.2) is 36.5 Å². The van der Waals surface area contributed by atoms with Crippen LogP contribution in [0.5, 0.6) is 0 Å². The van der Waals surface area contributed by atoms with Crippen LogP contribution >= 0.6 is 0 Å². The molecule has 0 aliphatic heterocycles. The third-order valence-corrected chi connectivity index (χ3v) is 3.43. The fourth-order valence-electron chi connectivity index (χ4n) is 2.11. The van der Waals surface area contributed by atoms with E-state index in [1.807, 2.05) is 0 Å². The highest BCUT2D eigenvalue weighted by atomic mass is 16.5. The van der Waals surface area contributed by atoms with Crippen molar-refractivity contribution >= 4 is 5.97 Å². The predicted molar refractivity (Wildman–Crippen MR) is 93.1 cm³/mol. The molecule has 0 rings (SSSR count). The molecule has 0 radical (unpaired) electrons. The summed E-state index contributed by atoms with van der Waals surface area (Å²) in [4.78, 5) is 10.8. The minimum atomic E-state index is -0.858. The van der Waals surface area contributed by atoms with Gasteiger partial charge in [0.25, 0.3) is 0 Å². The van der Waals surface area contributed by atoms with Gasteiger partial charge in [0.15, 0.2) is 6.10 Å². The zero-order chi connectivity index (χ0) is 16.5. The van der Waals surface area contributed by atoms with Crippen molar-refractivity contribution in [3.05, 3.63) is 36.5 Å². The molecule has 3 heteroatoms. The van der Waals surface area contributed by atoms with Gasteiger partial charge in [-0.05, 0) is 38.5 Å². The molecule has 0 aliphatic carbocycles. The Morgan fingerprint density at radius 3 is 2.14 bits per heavy atom. The van der Waals surface area contributed by atoms with E-state index >= 15 is 0 Å². The van der Waals surface area contributed by atoms with Gasteiger partial charge in [-0.15, -0.1) is 0 Å². The second kappa shape index (κ2) is 16.0. The van der Waals surface area contributed by atoms with Gasteiger partial charge in [-0.1, -0.05) is 62.6 Å². The van der Waals surface area contributed by atoms with E-state index in [0.29, 0.717) is 6.42 Å². The Hall–Kier alpha value is -1.35. The Bertz CT molecular complexity index is 343. The summed E-state index contributed by atoms with van der Waals surface area (Å²) in [5, 5.41) is 8.83. The molecule has 0 amide bonds. The average Bonchev–Trinajstić information content (AvgIpc) is 2.51. The number of carboxylic acids is 1. The quantitative estimate of drug-likeness (QED) is 0.350. The smallest absolute Gasteiger partial charge is 0.332 e. The lowest BCUT2D eigenvalue weighted by Gasteiger charge is -2.09. The Labute approximate surface area is 135 Å². The van der Waals surface area contributed by atoms with Gasteiger partial charge in [-0.25, -0.2) is 4.79 Å². The lowest BCUT2D eigenvalue weighted by Crippen LogP contribution is -2.21. The Morgan fingerprint density at radius 1 is 0.955 bits per heavy atom. The molecule has 0 saturated heterocycles. The Kier molecular flexibility index (Phi) is 15.0. The highest BCUT2D eigenvalue weighted by Gasteiger charge is 2.14. The summed E-state index contributed by atoms with van der Waals surface area (Å²) in [6, 6.07) is 0. The number of methoxy groups -OCH3 is 1. The second-order valence-electron chi connectivity index (χ2n) is 5.35. The molecule has 0 aromatic heterocycles. The van der Waals surface area contributed by atoms with Crippen molar-refractivity contribution in [1.82, 2.24) is 0 Å². The number of aliphatic carboxylic acids is 1. The van der Waals surface area contributed by atoms with Crippen LogP contribution in [-0.4, -0.2) is 24.3 Å². The summed E-state index contributed by atoms with van der Waals surface area (Å²) >= 11 is 0. The molecular weight excluding hydrogens is 276 g/mol. The number of hydrogen-bond acceptors (Lipinski definition) is 2. The van der Waals surface area contributed by atoms with Gasteiger partial charge in [-0.3, -0.25) is 0 Å². The van der Waals surface area contributed by atoms with Crippen molar-refractivity contribution in [2.75, 3.05) is 7.11 Å². The molecule has 3 nitrogen and oxygen atoms in total. The van der Waals surface area contributed by atoms with Crippen molar-refractivity contribution in [3.8, 4) is 0 Å². The van der Waals surface area contributed by atoms with Crippen LogP contribution in [0.4, 0.5) is 0 Å². The van der Waals surface area contributed by atoms with E-state index in [1.54, 1.807) is 0 Å². The summed E-state index contributed by atoms with van der Waals surface area (Å²) < 4.78 is 4.90. The van der Waals surface area contributed by atoms with Crippen molar-refractivity contribution in [2.45, 2.75) is 70.8 Å². The summed E-state index contributed by atoms with van der Waals surface area (Å²) in [5.41, 5.74) is 0. The Morgan fingerprint density at radius 2 is 1.55 bits per heavy atom. The van der Waals surface area contributed by atoms with Crippen molar-refractivity contribution < 1.29 is 14.6 Å². The third-order valence-electron chi connectivity index (χ3n) is 3.43. The van der Waals surface area contributed by atoms with Crippen molar-refractivity contribution in [1.29, 1.82) is 0 Å². The maximum absolute atomic E-state index is 10.8. The van der Waals surface area contributed by atoms with Crippen LogP contribution in [0.25, 0.3) is 0 Å². The maximum atomic E-state index is 10.8. The molecule has 1 unspecified atom stereocenters. The zero-order valence-corrected chi connectivity index (χ0v) is 14.2. The molecule has 22 heavy (non-hydrogen) atoms. The molecule has 0 aromatic rings. The molecule has 0 fully saturated rings. The fourth-order valence-corrected chi connectivity index (χ4v) is 2.11. The second-order valence-corrected chi connectivity index (χ2v) is 5.35. The topological polar surface area (TPSA) is 46.5 Å². The zero-order valence-electron chi connectivity index (χ0n) is 14.2. The lowest BCUT2D eigenvalue weighted by molar-refractivity contribution is -0.148. The highest BCUT2D eigenvalue weighted by molar-refractivity contribution is 5.72. The molecule has 1 atom stereocenters. The Balaban J connectivity index is 3.40. The van der Waals surface area contributed by atoms with Gasteiger partial charge in [0.05, 0.1) is 0 Å². The van der Waals surface area contributed by atoms with E-state index in [-0.39, 0.29) is 0 Å². The predicted octanol–water partition coefficient (Wildman–Crippen LogP) is 5.29. The first kappa shape index (κ1) is 20.6. The van der Waals surface area contributed by atoms with E-state index in [2.05, 4.69) is 43.4 Å². The molecule has 0 bridgehead atoms. The molecule has 0 aliphatic rings. The van der Waals surface area contributed by atoms with E-state index < -0.39 is 12.1 Å².